The molecule has 3 aromatic rings. The lowest BCUT2D eigenvalue weighted by Crippen LogP contribution is -2.15. The Morgan fingerprint density at radius 1 is 1.07 bits per heavy atom. The first-order chi connectivity index (χ1) is 13.6. The molecule has 146 valence electrons. The number of benzene rings is 1. The van der Waals surface area contributed by atoms with E-state index in [-0.39, 0.29) is 5.92 Å². The third-order valence-electron chi connectivity index (χ3n) is 4.62. The fourth-order valence-electron chi connectivity index (χ4n) is 2.81. The van der Waals surface area contributed by atoms with Crippen LogP contribution in [-0.2, 0) is 24.2 Å². The van der Waals surface area contributed by atoms with Crippen LogP contribution in [0.5, 0.6) is 5.75 Å². The highest BCUT2D eigenvalue weighted by Crippen LogP contribution is 2.26. The van der Waals surface area contributed by atoms with E-state index >= 15 is 0 Å². The first-order valence-corrected chi connectivity index (χ1v) is 10.2. The number of rotatable bonds is 9. The van der Waals surface area contributed by atoms with Gasteiger partial charge in [-0.1, -0.05) is 26.0 Å². The molecule has 28 heavy (non-hydrogen) atoms. The van der Waals surface area contributed by atoms with Gasteiger partial charge < -0.3 is 9.84 Å². The second-order valence-corrected chi connectivity index (χ2v) is 7.78. The molecule has 0 aliphatic heterocycles. The maximum atomic E-state index is 11.2. The van der Waals surface area contributed by atoms with Crippen molar-refractivity contribution in [3.8, 4) is 16.5 Å². The first-order valence-electron chi connectivity index (χ1n) is 9.43. The second-order valence-electron chi connectivity index (χ2n) is 6.61. The smallest absolute Gasteiger partial charge is 0.306 e. The van der Waals surface area contributed by atoms with Crippen molar-refractivity contribution < 1.29 is 14.6 Å². The van der Waals surface area contributed by atoms with E-state index in [4.69, 9.17) is 4.74 Å². The number of hydrogen-bond acceptors (Lipinski definition) is 5. The number of aromatic nitrogens is 2. The minimum absolute atomic E-state index is 0.343. The van der Waals surface area contributed by atoms with Crippen LogP contribution >= 0.6 is 11.3 Å². The zero-order valence-electron chi connectivity index (χ0n) is 16.1. The van der Waals surface area contributed by atoms with E-state index in [9.17, 15) is 9.90 Å². The summed E-state index contributed by atoms with van der Waals surface area (Å²) >= 11 is 1.62. The van der Waals surface area contributed by atoms with Gasteiger partial charge in [-0.3, -0.25) is 4.79 Å². The maximum Gasteiger partial charge on any atom is 0.306 e. The summed E-state index contributed by atoms with van der Waals surface area (Å²) in [7, 11) is 0. The van der Waals surface area contributed by atoms with E-state index < -0.39 is 5.97 Å². The largest absolute Gasteiger partial charge is 0.488 e. The van der Waals surface area contributed by atoms with Crippen molar-refractivity contribution >= 4 is 17.3 Å². The lowest BCUT2D eigenvalue weighted by molar-refractivity contribution is -0.141. The molecule has 2 heterocycles. The lowest BCUT2D eigenvalue weighted by Gasteiger charge is -2.10. The van der Waals surface area contributed by atoms with Gasteiger partial charge in [0.25, 0.3) is 0 Å². The number of nitrogens with zero attached hydrogens (tertiary/aromatic N) is 2. The Morgan fingerprint density at radius 3 is 2.39 bits per heavy atom. The molecule has 0 fully saturated rings. The molecule has 0 radical (unpaired) electrons. The van der Waals surface area contributed by atoms with Crippen molar-refractivity contribution in [3.63, 3.8) is 0 Å². The predicted octanol–water partition coefficient (Wildman–Crippen LogP) is 5.00. The Kier molecular flexibility index (Phi) is 6.76. The molecule has 0 amide bonds. The van der Waals surface area contributed by atoms with Gasteiger partial charge in [0.1, 0.15) is 12.4 Å². The predicted molar refractivity (Wildman–Crippen MR) is 111 cm³/mol. The Labute approximate surface area is 169 Å². The van der Waals surface area contributed by atoms with Gasteiger partial charge in [0.2, 0.25) is 0 Å². The molecule has 2 aromatic heterocycles. The molecule has 6 heteroatoms. The second kappa shape index (κ2) is 9.46. The molecule has 0 saturated carbocycles. The number of carboxylic acid groups (broad SMARTS) is 1. The zero-order valence-corrected chi connectivity index (χ0v) is 16.9. The van der Waals surface area contributed by atoms with Gasteiger partial charge in [-0.2, -0.15) is 0 Å². The Balaban J connectivity index is 1.57. The minimum atomic E-state index is -0.746. The molecular weight excluding hydrogens is 372 g/mol. The zero-order chi connectivity index (χ0) is 19.9. The van der Waals surface area contributed by atoms with Crippen LogP contribution < -0.4 is 4.74 Å². The molecule has 3 rings (SSSR count). The third kappa shape index (κ3) is 5.16. The van der Waals surface area contributed by atoms with Crippen molar-refractivity contribution in [2.75, 3.05) is 0 Å². The third-order valence-corrected chi connectivity index (χ3v) is 5.68. The highest BCUT2D eigenvalue weighted by Gasteiger charge is 2.15. The summed E-state index contributed by atoms with van der Waals surface area (Å²) in [6.45, 7) is 4.46. The van der Waals surface area contributed by atoms with Gasteiger partial charge in [0, 0.05) is 17.3 Å². The molecule has 1 aromatic carbocycles. The van der Waals surface area contributed by atoms with Crippen LogP contribution in [0.15, 0.2) is 48.8 Å². The fraction of sp³-hybridized carbons (Fsp3) is 0.318. The summed E-state index contributed by atoms with van der Waals surface area (Å²) < 4.78 is 5.86. The van der Waals surface area contributed by atoms with Crippen LogP contribution in [0.25, 0.3) is 10.7 Å². The summed E-state index contributed by atoms with van der Waals surface area (Å²) in [6, 6.07) is 11.7. The van der Waals surface area contributed by atoms with E-state index in [1.807, 2.05) is 55.7 Å². The first kappa shape index (κ1) is 20.0. The minimum Gasteiger partial charge on any atom is -0.488 e. The van der Waals surface area contributed by atoms with E-state index in [0.29, 0.717) is 19.4 Å². The van der Waals surface area contributed by atoms with Crippen molar-refractivity contribution in [2.24, 2.45) is 5.92 Å². The molecule has 0 aliphatic carbocycles. The lowest BCUT2D eigenvalue weighted by atomic mass is 9.97. The molecule has 1 unspecified atom stereocenters. The van der Waals surface area contributed by atoms with Gasteiger partial charge >= 0.3 is 5.97 Å². The van der Waals surface area contributed by atoms with Crippen molar-refractivity contribution in [1.29, 1.82) is 0 Å². The van der Waals surface area contributed by atoms with E-state index in [2.05, 4.69) is 16.9 Å². The summed E-state index contributed by atoms with van der Waals surface area (Å²) in [4.78, 5) is 22.1. The summed E-state index contributed by atoms with van der Waals surface area (Å²) in [5.41, 5.74) is 2.13. The maximum absolute atomic E-state index is 11.2. The van der Waals surface area contributed by atoms with Crippen LogP contribution in [0, 0.1) is 5.92 Å². The van der Waals surface area contributed by atoms with E-state index in [0.717, 1.165) is 38.9 Å². The van der Waals surface area contributed by atoms with Crippen LogP contribution in [0.3, 0.4) is 0 Å². The quantitative estimate of drug-likeness (QED) is 0.551. The molecule has 0 saturated heterocycles. The summed E-state index contributed by atoms with van der Waals surface area (Å²) in [5.74, 6) is 0.418. The Hall–Kier alpha value is -2.73. The number of carboxylic acids is 1. The molecule has 1 atom stereocenters. The number of ether oxygens (including phenoxy) is 1. The molecular formula is C22H24N2O3S. The molecule has 0 aliphatic rings. The number of aryl methyl sites for hydroxylation is 1. The van der Waals surface area contributed by atoms with Gasteiger partial charge in [0.15, 0.2) is 5.82 Å². The van der Waals surface area contributed by atoms with Gasteiger partial charge in [-0.15, -0.1) is 11.3 Å². The van der Waals surface area contributed by atoms with Crippen LogP contribution in [0.4, 0.5) is 0 Å². The normalized spacial score (nSPS) is 11.9. The Morgan fingerprint density at radius 2 is 1.79 bits per heavy atom. The highest BCUT2D eigenvalue weighted by atomic mass is 32.1. The number of carbonyl (C=O) groups is 1. The van der Waals surface area contributed by atoms with Gasteiger partial charge in [-0.05, 0) is 54.7 Å². The molecule has 1 N–H and O–H groups in total. The monoisotopic (exact) mass is 396 g/mol. The Bertz CT molecular complexity index is 904. The highest BCUT2D eigenvalue weighted by molar-refractivity contribution is 7.15. The fourth-order valence-corrected chi connectivity index (χ4v) is 3.68. The van der Waals surface area contributed by atoms with Crippen molar-refractivity contribution in [2.45, 2.75) is 39.7 Å². The van der Waals surface area contributed by atoms with E-state index in [1.54, 1.807) is 11.3 Å². The number of thiophene rings is 1. The standard InChI is InChI=1S/C22H24N2O3S/c1-3-15-12-23-21(24-13-15)20-10-9-19(28-20)14-27-18-7-5-16(6-8-18)11-17(4-2)22(25)26/h5-10,12-13,17H,3-4,11,14H2,1-2H3,(H,25,26). The summed E-state index contributed by atoms with van der Waals surface area (Å²) in [6.07, 6.45) is 5.83. The van der Waals surface area contributed by atoms with Crippen LogP contribution in [0.1, 0.15) is 36.3 Å². The van der Waals surface area contributed by atoms with E-state index in [1.165, 1.54) is 0 Å². The summed E-state index contributed by atoms with van der Waals surface area (Å²) in [5, 5.41) is 9.18. The average Bonchev–Trinajstić information content (AvgIpc) is 3.20. The molecule has 0 spiro atoms. The van der Waals surface area contributed by atoms with Crippen LogP contribution in [-0.4, -0.2) is 21.0 Å². The topological polar surface area (TPSA) is 72.3 Å². The average molecular weight is 397 g/mol. The van der Waals surface area contributed by atoms with Crippen LogP contribution in [0.2, 0.25) is 0 Å². The molecule has 5 nitrogen and oxygen atoms in total. The molecule has 0 bridgehead atoms. The van der Waals surface area contributed by atoms with Gasteiger partial charge in [0.05, 0.1) is 10.8 Å². The number of aliphatic carboxylic acids is 1. The van der Waals surface area contributed by atoms with Crippen molar-refractivity contribution in [1.82, 2.24) is 9.97 Å². The SMILES string of the molecule is CCc1cnc(-c2ccc(COc3ccc(CC(CC)C(=O)O)cc3)s2)nc1. The van der Waals surface area contributed by atoms with Crippen molar-refractivity contribution in [3.05, 3.63) is 64.8 Å². The number of hydrogen-bond donors (Lipinski definition) is 1. The van der Waals surface area contributed by atoms with Gasteiger partial charge in [-0.25, -0.2) is 9.97 Å².